The van der Waals surface area contributed by atoms with E-state index in [4.69, 9.17) is 17.0 Å². The Hall–Kier alpha value is -1.29. The molecule has 1 aliphatic heterocycles. The number of thiocarbonyl (C=S) groups is 1. The minimum absolute atomic E-state index is 0.616. The van der Waals surface area contributed by atoms with E-state index in [1.165, 1.54) is 24.1 Å². The third kappa shape index (κ3) is 2.09. The normalized spacial score (nSPS) is 17.8. The van der Waals surface area contributed by atoms with E-state index in [1.54, 1.807) is 7.11 Å². The van der Waals surface area contributed by atoms with E-state index in [1.807, 2.05) is 6.07 Å². The lowest BCUT2D eigenvalue weighted by atomic mass is 10.1. The summed E-state index contributed by atoms with van der Waals surface area (Å²) in [6.07, 6.45) is 3.55. The van der Waals surface area contributed by atoms with E-state index in [2.05, 4.69) is 22.3 Å². The van der Waals surface area contributed by atoms with Crippen molar-refractivity contribution in [1.29, 1.82) is 0 Å². The first-order valence-electron chi connectivity index (χ1n) is 6.03. The Morgan fingerprint density at radius 1 is 1.47 bits per heavy atom. The number of rotatable bonds is 2. The van der Waals surface area contributed by atoms with Crippen molar-refractivity contribution in [1.82, 2.24) is 5.32 Å². The molecule has 1 fully saturated rings. The Bertz CT molecular complexity index is 457. The van der Waals surface area contributed by atoms with E-state index >= 15 is 0 Å². The zero-order valence-electron chi connectivity index (χ0n) is 9.90. The Morgan fingerprint density at radius 2 is 2.29 bits per heavy atom. The highest BCUT2D eigenvalue weighted by molar-refractivity contribution is 7.80. The SMILES string of the molecule is COc1ccc2c(c1)CCN2C(=S)NC1CC1. The lowest BCUT2D eigenvalue weighted by Crippen LogP contribution is -2.39. The summed E-state index contributed by atoms with van der Waals surface area (Å²) in [5.41, 5.74) is 2.55. The van der Waals surface area contributed by atoms with Gasteiger partial charge in [-0.1, -0.05) is 0 Å². The summed E-state index contributed by atoms with van der Waals surface area (Å²) < 4.78 is 5.24. The van der Waals surface area contributed by atoms with Gasteiger partial charge in [0.25, 0.3) is 0 Å². The molecule has 17 heavy (non-hydrogen) atoms. The number of hydrogen-bond donors (Lipinski definition) is 1. The molecule has 0 unspecified atom stereocenters. The van der Waals surface area contributed by atoms with Crippen LogP contribution in [0.3, 0.4) is 0 Å². The molecule has 0 aromatic heterocycles. The van der Waals surface area contributed by atoms with Gasteiger partial charge >= 0.3 is 0 Å². The van der Waals surface area contributed by atoms with Crippen molar-refractivity contribution in [2.24, 2.45) is 0 Å². The van der Waals surface area contributed by atoms with Crippen molar-refractivity contribution in [2.75, 3.05) is 18.6 Å². The Balaban J connectivity index is 1.80. The molecule has 1 aromatic carbocycles. The van der Waals surface area contributed by atoms with E-state index in [9.17, 15) is 0 Å². The van der Waals surface area contributed by atoms with Crippen LogP contribution in [0.2, 0.25) is 0 Å². The molecule has 1 aromatic rings. The summed E-state index contributed by atoms with van der Waals surface area (Å²) in [7, 11) is 1.70. The quantitative estimate of drug-likeness (QED) is 0.810. The maximum absolute atomic E-state index is 5.45. The number of hydrogen-bond acceptors (Lipinski definition) is 2. The fourth-order valence-electron chi connectivity index (χ4n) is 2.20. The number of methoxy groups -OCH3 is 1. The summed E-state index contributed by atoms with van der Waals surface area (Å²) in [4.78, 5) is 2.20. The van der Waals surface area contributed by atoms with Gasteiger partial charge in [0.1, 0.15) is 5.75 Å². The summed E-state index contributed by atoms with van der Waals surface area (Å²) in [6.45, 7) is 0.973. The molecule has 3 rings (SSSR count). The number of ether oxygens (including phenoxy) is 1. The Kier molecular flexibility index (Phi) is 2.67. The van der Waals surface area contributed by atoms with Gasteiger partial charge in [-0.05, 0) is 55.2 Å². The molecule has 0 saturated heterocycles. The number of fused-ring (bicyclic) bond motifs is 1. The van der Waals surface area contributed by atoms with Crippen LogP contribution in [0.15, 0.2) is 18.2 Å². The van der Waals surface area contributed by atoms with E-state index in [-0.39, 0.29) is 0 Å². The van der Waals surface area contributed by atoms with Gasteiger partial charge in [-0.15, -0.1) is 0 Å². The molecule has 0 radical (unpaired) electrons. The number of anilines is 1. The van der Waals surface area contributed by atoms with Gasteiger partial charge in [-0.25, -0.2) is 0 Å². The van der Waals surface area contributed by atoms with Gasteiger partial charge in [0.2, 0.25) is 0 Å². The predicted octanol–water partition coefficient (Wildman–Crippen LogP) is 2.09. The highest BCUT2D eigenvalue weighted by Gasteiger charge is 2.27. The lowest BCUT2D eigenvalue weighted by Gasteiger charge is -2.21. The van der Waals surface area contributed by atoms with Crippen molar-refractivity contribution in [3.63, 3.8) is 0 Å². The third-order valence-corrected chi connectivity index (χ3v) is 3.67. The highest BCUT2D eigenvalue weighted by atomic mass is 32.1. The third-order valence-electron chi connectivity index (χ3n) is 3.33. The van der Waals surface area contributed by atoms with Crippen LogP contribution in [0.5, 0.6) is 5.75 Å². The van der Waals surface area contributed by atoms with Crippen LogP contribution in [0.1, 0.15) is 18.4 Å². The number of nitrogens with zero attached hydrogens (tertiary/aromatic N) is 1. The second kappa shape index (κ2) is 4.18. The number of benzene rings is 1. The van der Waals surface area contributed by atoms with Gasteiger partial charge in [-0.2, -0.15) is 0 Å². The highest BCUT2D eigenvalue weighted by Crippen LogP contribution is 2.31. The van der Waals surface area contributed by atoms with Gasteiger partial charge in [0.05, 0.1) is 7.11 Å². The van der Waals surface area contributed by atoms with Crippen LogP contribution in [-0.4, -0.2) is 24.8 Å². The Labute approximate surface area is 107 Å². The average Bonchev–Trinajstić information content (AvgIpc) is 3.05. The second-order valence-corrected chi connectivity index (χ2v) is 5.01. The second-order valence-electron chi connectivity index (χ2n) is 4.62. The standard InChI is InChI=1S/C13H16N2OS/c1-16-11-4-5-12-9(8-11)6-7-15(12)13(17)14-10-2-3-10/h4-5,8,10H,2-3,6-7H2,1H3,(H,14,17). The summed E-state index contributed by atoms with van der Waals surface area (Å²) in [5, 5.41) is 4.26. The average molecular weight is 248 g/mol. The molecule has 0 amide bonds. The van der Waals surface area contributed by atoms with Gasteiger partial charge < -0.3 is 15.0 Å². The van der Waals surface area contributed by atoms with Crippen molar-refractivity contribution < 1.29 is 4.74 Å². The maximum Gasteiger partial charge on any atom is 0.173 e. The first-order valence-corrected chi connectivity index (χ1v) is 6.43. The molecule has 4 heteroatoms. The van der Waals surface area contributed by atoms with Crippen LogP contribution in [-0.2, 0) is 6.42 Å². The molecule has 1 saturated carbocycles. The van der Waals surface area contributed by atoms with Crippen molar-refractivity contribution in [2.45, 2.75) is 25.3 Å². The molecule has 1 N–H and O–H groups in total. The monoisotopic (exact) mass is 248 g/mol. The van der Waals surface area contributed by atoms with Gasteiger partial charge in [0, 0.05) is 18.3 Å². The molecule has 2 aliphatic rings. The van der Waals surface area contributed by atoms with Crippen LogP contribution < -0.4 is 15.0 Å². The van der Waals surface area contributed by atoms with Crippen molar-refractivity contribution in [3.05, 3.63) is 23.8 Å². The number of nitrogens with one attached hydrogen (secondary N) is 1. The maximum atomic E-state index is 5.45. The minimum Gasteiger partial charge on any atom is -0.497 e. The Morgan fingerprint density at radius 3 is 3.00 bits per heavy atom. The van der Waals surface area contributed by atoms with E-state index < -0.39 is 0 Å². The topological polar surface area (TPSA) is 24.5 Å². The molecule has 1 aliphatic carbocycles. The first-order chi connectivity index (χ1) is 8.28. The fourth-order valence-corrected chi connectivity index (χ4v) is 2.55. The van der Waals surface area contributed by atoms with Gasteiger partial charge in [0.15, 0.2) is 5.11 Å². The van der Waals surface area contributed by atoms with E-state index in [0.717, 1.165) is 23.8 Å². The largest absolute Gasteiger partial charge is 0.497 e. The molecule has 3 nitrogen and oxygen atoms in total. The minimum atomic E-state index is 0.616. The summed E-state index contributed by atoms with van der Waals surface area (Å²) >= 11 is 5.45. The van der Waals surface area contributed by atoms with Crippen LogP contribution >= 0.6 is 12.2 Å². The first kappa shape index (κ1) is 10.8. The van der Waals surface area contributed by atoms with Gasteiger partial charge in [-0.3, -0.25) is 0 Å². The molecule has 1 heterocycles. The molecular weight excluding hydrogens is 232 g/mol. The molecule has 0 spiro atoms. The van der Waals surface area contributed by atoms with E-state index in [0.29, 0.717) is 6.04 Å². The smallest absolute Gasteiger partial charge is 0.173 e. The summed E-state index contributed by atoms with van der Waals surface area (Å²) in [6, 6.07) is 6.82. The van der Waals surface area contributed by atoms with Crippen molar-refractivity contribution in [3.8, 4) is 5.75 Å². The predicted molar refractivity (Wildman–Crippen MR) is 72.8 cm³/mol. The molecule has 0 atom stereocenters. The van der Waals surface area contributed by atoms with Crippen molar-refractivity contribution >= 4 is 23.0 Å². The summed E-state index contributed by atoms with van der Waals surface area (Å²) in [5.74, 6) is 0.923. The van der Waals surface area contributed by atoms with Crippen LogP contribution in [0.4, 0.5) is 5.69 Å². The van der Waals surface area contributed by atoms with Crippen LogP contribution in [0, 0.1) is 0 Å². The zero-order valence-corrected chi connectivity index (χ0v) is 10.7. The molecular formula is C13H16N2OS. The lowest BCUT2D eigenvalue weighted by molar-refractivity contribution is 0.414. The molecule has 90 valence electrons. The molecule has 0 bridgehead atoms. The fraction of sp³-hybridized carbons (Fsp3) is 0.462. The zero-order chi connectivity index (χ0) is 11.8. The van der Waals surface area contributed by atoms with Crippen LogP contribution in [0.25, 0.3) is 0 Å².